The molecule has 3 heterocycles. The maximum atomic E-state index is 6.08. The summed E-state index contributed by atoms with van der Waals surface area (Å²) < 4.78 is 8.15. The van der Waals surface area contributed by atoms with E-state index in [9.17, 15) is 0 Å². The van der Waals surface area contributed by atoms with Crippen molar-refractivity contribution in [3.05, 3.63) is 54.7 Å². The summed E-state index contributed by atoms with van der Waals surface area (Å²) in [5.74, 6) is 3.37. The summed E-state index contributed by atoms with van der Waals surface area (Å²) in [5.41, 5.74) is 4.94. The summed E-state index contributed by atoms with van der Waals surface area (Å²) in [7, 11) is 0. The zero-order valence-electron chi connectivity index (χ0n) is 22.6. The molecule has 0 bridgehead atoms. The quantitative estimate of drug-likeness (QED) is 0.239. The van der Waals surface area contributed by atoms with Gasteiger partial charge >= 0.3 is 0 Å². The highest BCUT2D eigenvalue weighted by Crippen LogP contribution is 2.37. The molecule has 39 heavy (non-hydrogen) atoms. The second-order valence-corrected chi connectivity index (χ2v) is 11.6. The van der Waals surface area contributed by atoms with Crippen LogP contribution in [-0.4, -0.2) is 38.3 Å². The van der Waals surface area contributed by atoms with Crippen LogP contribution in [0.15, 0.2) is 54.7 Å². The summed E-state index contributed by atoms with van der Waals surface area (Å²) >= 11 is 0. The minimum atomic E-state index is 0.457. The first-order valence-electron chi connectivity index (χ1n) is 14.9. The molecule has 2 N–H and O–H groups in total. The van der Waals surface area contributed by atoms with Gasteiger partial charge in [0.25, 0.3) is 0 Å². The van der Waals surface area contributed by atoms with E-state index in [2.05, 4.69) is 62.6 Å². The first kappa shape index (κ1) is 24.4. The normalized spacial score (nSPS) is 18.5. The second-order valence-electron chi connectivity index (χ2n) is 11.6. The van der Waals surface area contributed by atoms with Gasteiger partial charge in [0.05, 0.1) is 23.4 Å². The number of nitrogens with zero attached hydrogens (tertiary/aromatic N) is 4. The number of aromatic nitrogens is 4. The predicted molar refractivity (Wildman–Crippen MR) is 156 cm³/mol. The molecule has 7 heteroatoms. The summed E-state index contributed by atoms with van der Waals surface area (Å²) in [4.78, 5) is 9.57. The van der Waals surface area contributed by atoms with Gasteiger partial charge in [0.2, 0.25) is 5.95 Å². The maximum absolute atomic E-state index is 6.08. The molecular weight excluding hydrogens is 484 g/mol. The van der Waals surface area contributed by atoms with Crippen molar-refractivity contribution in [2.45, 2.75) is 82.7 Å². The number of hydrogen-bond acceptors (Lipinski definition) is 6. The molecule has 3 fully saturated rings. The van der Waals surface area contributed by atoms with E-state index in [1.807, 2.05) is 12.3 Å². The monoisotopic (exact) mass is 522 g/mol. The van der Waals surface area contributed by atoms with Gasteiger partial charge < -0.3 is 15.4 Å². The fourth-order valence-electron chi connectivity index (χ4n) is 6.32. The Morgan fingerprint density at radius 1 is 0.795 bits per heavy atom. The zero-order valence-corrected chi connectivity index (χ0v) is 22.6. The largest absolute Gasteiger partial charge is 0.493 e. The standard InChI is InChI=1S/C32H38N6O/c1-2-10-24(9-1)34-29-14-6-13-28-30(27-19-20-33-32(36-27)35-25-11-3-4-12-25)31(37-38(28)29)23-15-17-26(18-16-23)39-21-22-7-5-8-22/h6,13-20,22,24-25,34H,1-5,7-12,21H2,(H,33,35,36). The van der Waals surface area contributed by atoms with Crippen molar-refractivity contribution in [1.82, 2.24) is 19.6 Å². The van der Waals surface area contributed by atoms with Crippen molar-refractivity contribution in [2.75, 3.05) is 17.2 Å². The highest BCUT2D eigenvalue weighted by Gasteiger charge is 2.23. The van der Waals surface area contributed by atoms with Crippen LogP contribution in [0.2, 0.25) is 0 Å². The van der Waals surface area contributed by atoms with Gasteiger partial charge in [-0.2, -0.15) is 5.10 Å². The average molecular weight is 523 g/mol. The lowest BCUT2D eigenvalue weighted by molar-refractivity contribution is 0.180. The van der Waals surface area contributed by atoms with Crippen LogP contribution in [-0.2, 0) is 0 Å². The Balaban J connectivity index is 1.27. The van der Waals surface area contributed by atoms with Gasteiger partial charge in [-0.15, -0.1) is 0 Å². The fraction of sp³-hybridized carbons (Fsp3) is 0.469. The number of pyridine rings is 1. The molecule has 4 aromatic rings. The Labute approximate surface area is 230 Å². The summed E-state index contributed by atoms with van der Waals surface area (Å²) in [6.07, 6.45) is 15.7. The minimum Gasteiger partial charge on any atom is -0.493 e. The molecule has 0 spiro atoms. The Kier molecular flexibility index (Phi) is 6.81. The van der Waals surface area contributed by atoms with Crippen molar-refractivity contribution in [3.63, 3.8) is 0 Å². The molecule has 0 amide bonds. The predicted octanol–water partition coefficient (Wildman–Crippen LogP) is 7.35. The first-order chi connectivity index (χ1) is 19.3. The molecule has 1 aromatic carbocycles. The number of hydrogen-bond donors (Lipinski definition) is 2. The van der Waals surface area contributed by atoms with Crippen LogP contribution in [0.25, 0.3) is 28.0 Å². The lowest BCUT2D eigenvalue weighted by Crippen LogP contribution is -2.19. The minimum absolute atomic E-state index is 0.457. The van der Waals surface area contributed by atoms with Gasteiger partial charge in [-0.25, -0.2) is 14.5 Å². The molecule has 7 rings (SSSR count). The number of anilines is 2. The SMILES string of the molecule is c1cc(NC2CCCC2)n2nc(-c3ccc(OCC4CCC4)cc3)c(-c3ccnc(NC4CCCC4)n3)c2c1. The number of nitrogens with one attached hydrogen (secondary N) is 2. The number of fused-ring (bicyclic) bond motifs is 1. The van der Waals surface area contributed by atoms with Crippen LogP contribution < -0.4 is 15.4 Å². The van der Waals surface area contributed by atoms with Gasteiger partial charge in [0, 0.05) is 23.8 Å². The van der Waals surface area contributed by atoms with Crippen LogP contribution in [0.3, 0.4) is 0 Å². The molecule has 202 valence electrons. The summed E-state index contributed by atoms with van der Waals surface area (Å²) in [6, 6.07) is 17.8. The second kappa shape index (κ2) is 10.9. The van der Waals surface area contributed by atoms with E-state index in [0.29, 0.717) is 23.9 Å². The molecule has 0 aliphatic heterocycles. The van der Waals surface area contributed by atoms with Crippen LogP contribution in [0, 0.1) is 5.92 Å². The molecule has 0 atom stereocenters. The fourth-order valence-corrected chi connectivity index (χ4v) is 6.32. The van der Waals surface area contributed by atoms with Gasteiger partial charge in [-0.3, -0.25) is 0 Å². The summed E-state index contributed by atoms with van der Waals surface area (Å²) in [5, 5.41) is 12.5. The first-order valence-corrected chi connectivity index (χ1v) is 14.9. The number of ether oxygens (including phenoxy) is 1. The van der Waals surface area contributed by atoms with Crippen molar-refractivity contribution < 1.29 is 4.74 Å². The maximum Gasteiger partial charge on any atom is 0.223 e. The van der Waals surface area contributed by atoms with Crippen LogP contribution in [0.5, 0.6) is 5.75 Å². The highest BCUT2D eigenvalue weighted by atomic mass is 16.5. The average Bonchev–Trinajstić information content (AvgIpc) is 3.70. The van der Waals surface area contributed by atoms with E-state index in [-0.39, 0.29) is 0 Å². The molecule has 0 saturated heterocycles. The summed E-state index contributed by atoms with van der Waals surface area (Å²) in [6.45, 7) is 0.812. The van der Waals surface area contributed by atoms with Crippen LogP contribution in [0.1, 0.15) is 70.6 Å². The van der Waals surface area contributed by atoms with E-state index < -0.39 is 0 Å². The molecule has 0 radical (unpaired) electrons. The van der Waals surface area contributed by atoms with Crippen LogP contribution in [0.4, 0.5) is 11.8 Å². The third kappa shape index (κ3) is 5.19. The van der Waals surface area contributed by atoms with Crippen molar-refractivity contribution >= 4 is 17.3 Å². The zero-order chi connectivity index (χ0) is 26.0. The van der Waals surface area contributed by atoms with Gasteiger partial charge in [-0.05, 0) is 86.9 Å². The lowest BCUT2D eigenvalue weighted by Gasteiger charge is -2.25. The van der Waals surface area contributed by atoms with E-state index in [4.69, 9.17) is 14.8 Å². The van der Waals surface area contributed by atoms with Crippen molar-refractivity contribution in [3.8, 4) is 28.3 Å². The van der Waals surface area contributed by atoms with E-state index in [0.717, 1.165) is 46.2 Å². The Morgan fingerprint density at radius 2 is 1.54 bits per heavy atom. The van der Waals surface area contributed by atoms with Crippen molar-refractivity contribution in [2.24, 2.45) is 5.92 Å². The molecule has 3 aromatic heterocycles. The highest BCUT2D eigenvalue weighted by molar-refractivity contribution is 5.91. The Hall–Kier alpha value is -3.61. The molecule has 3 saturated carbocycles. The number of rotatable bonds is 9. The molecular formula is C32H38N6O. The van der Waals surface area contributed by atoms with Crippen LogP contribution >= 0.6 is 0 Å². The van der Waals surface area contributed by atoms with Gasteiger partial charge in [0.15, 0.2) is 0 Å². The smallest absolute Gasteiger partial charge is 0.223 e. The van der Waals surface area contributed by atoms with E-state index in [1.54, 1.807) is 0 Å². The molecule has 0 unspecified atom stereocenters. The van der Waals surface area contributed by atoms with E-state index >= 15 is 0 Å². The van der Waals surface area contributed by atoms with Gasteiger partial charge in [-0.1, -0.05) is 38.2 Å². The number of benzene rings is 1. The third-order valence-electron chi connectivity index (χ3n) is 8.80. The molecule has 7 nitrogen and oxygen atoms in total. The lowest BCUT2D eigenvalue weighted by atomic mass is 9.86. The molecule has 3 aliphatic carbocycles. The topological polar surface area (TPSA) is 76.4 Å². The van der Waals surface area contributed by atoms with Gasteiger partial charge in [0.1, 0.15) is 17.3 Å². The Morgan fingerprint density at radius 3 is 2.26 bits per heavy atom. The molecule has 3 aliphatic rings. The van der Waals surface area contributed by atoms with Crippen molar-refractivity contribution in [1.29, 1.82) is 0 Å². The Bertz CT molecular complexity index is 1410. The van der Waals surface area contributed by atoms with E-state index in [1.165, 1.54) is 70.6 Å². The third-order valence-corrected chi connectivity index (χ3v) is 8.80.